The molecule has 1 heterocycles. The van der Waals surface area contributed by atoms with Crippen molar-refractivity contribution in [3.8, 4) is 11.8 Å². The normalized spacial score (nSPS) is 14.4. The summed E-state index contributed by atoms with van der Waals surface area (Å²) in [6.45, 7) is 1.65. The summed E-state index contributed by atoms with van der Waals surface area (Å²) in [6, 6.07) is 7.54. The minimum Gasteiger partial charge on any atom is -0.491 e. The molecule has 13 heavy (non-hydrogen) atoms. The first kappa shape index (κ1) is 7.93. The van der Waals surface area contributed by atoms with Gasteiger partial charge >= 0.3 is 0 Å². The standard InChI is InChI=1S/C10H10N2O/c11-7-8-2-3-9-10(6-8)13-5-1-4-12-9/h2-3,6,12H,1,4-5H2. The van der Waals surface area contributed by atoms with Gasteiger partial charge in [-0.1, -0.05) is 0 Å². The molecular formula is C10H10N2O. The molecule has 0 bridgehead atoms. The SMILES string of the molecule is N#Cc1ccc2c(c1)OCCCN2. The molecule has 0 saturated carbocycles. The Labute approximate surface area is 76.9 Å². The number of rotatable bonds is 0. The van der Waals surface area contributed by atoms with E-state index in [1.165, 1.54) is 0 Å². The second-order valence-corrected chi connectivity index (χ2v) is 2.95. The van der Waals surface area contributed by atoms with Crippen LogP contribution in [0.4, 0.5) is 5.69 Å². The lowest BCUT2D eigenvalue weighted by Crippen LogP contribution is -1.99. The zero-order chi connectivity index (χ0) is 9.10. The van der Waals surface area contributed by atoms with Crippen LogP contribution in [0.25, 0.3) is 0 Å². The fourth-order valence-corrected chi connectivity index (χ4v) is 1.33. The molecule has 0 radical (unpaired) electrons. The maximum absolute atomic E-state index is 8.68. The van der Waals surface area contributed by atoms with Crippen molar-refractivity contribution in [2.75, 3.05) is 18.5 Å². The lowest BCUT2D eigenvalue weighted by Gasteiger charge is -2.06. The van der Waals surface area contributed by atoms with Gasteiger partial charge in [0.2, 0.25) is 0 Å². The molecule has 0 spiro atoms. The van der Waals surface area contributed by atoms with Crippen LogP contribution in [-0.2, 0) is 0 Å². The van der Waals surface area contributed by atoms with Gasteiger partial charge in [0.15, 0.2) is 0 Å². The van der Waals surface area contributed by atoms with Crippen LogP contribution in [0.5, 0.6) is 5.75 Å². The van der Waals surface area contributed by atoms with Gasteiger partial charge in [-0.25, -0.2) is 0 Å². The van der Waals surface area contributed by atoms with Crippen LogP contribution in [0.1, 0.15) is 12.0 Å². The smallest absolute Gasteiger partial charge is 0.143 e. The molecule has 1 aliphatic rings. The second kappa shape index (κ2) is 3.36. The number of benzene rings is 1. The lowest BCUT2D eigenvalue weighted by atomic mass is 10.2. The van der Waals surface area contributed by atoms with Gasteiger partial charge in [0.1, 0.15) is 5.75 Å². The second-order valence-electron chi connectivity index (χ2n) is 2.95. The van der Waals surface area contributed by atoms with Crippen molar-refractivity contribution < 1.29 is 4.74 Å². The molecule has 0 aliphatic carbocycles. The third-order valence-electron chi connectivity index (χ3n) is 2.00. The van der Waals surface area contributed by atoms with Gasteiger partial charge in [0, 0.05) is 12.6 Å². The van der Waals surface area contributed by atoms with Crippen molar-refractivity contribution in [2.24, 2.45) is 0 Å². The van der Waals surface area contributed by atoms with Crippen molar-refractivity contribution in [1.29, 1.82) is 5.26 Å². The lowest BCUT2D eigenvalue weighted by molar-refractivity contribution is 0.323. The van der Waals surface area contributed by atoms with E-state index in [1.54, 1.807) is 12.1 Å². The molecule has 1 N–H and O–H groups in total. The Kier molecular flexibility index (Phi) is 2.05. The molecule has 3 heteroatoms. The summed E-state index contributed by atoms with van der Waals surface area (Å²) in [5, 5.41) is 11.9. The molecule has 0 saturated heterocycles. The number of nitriles is 1. The number of anilines is 1. The highest BCUT2D eigenvalue weighted by atomic mass is 16.5. The van der Waals surface area contributed by atoms with Crippen molar-refractivity contribution >= 4 is 5.69 Å². The summed E-state index contributed by atoms with van der Waals surface area (Å²) in [6.07, 6.45) is 0.997. The molecule has 0 aromatic heterocycles. The van der Waals surface area contributed by atoms with E-state index in [9.17, 15) is 0 Å². The topological polar surface area (TPSA) is 45.0 Å². The van der Waals surface area contributed by atoms with Crippen LogP contribution in [0.3, 0.4) is 0 Å². The van der Waals surface area contributed by atoms with E-state index in [0.717, 1.165) is 31.0 Å². The van der Waals surface area contributed by atoms with Gasteiger partial charge in [-0.2, -0.15) is 5.26 Å². The van der Waals surface area contributed by atoms with Crippen LogP contribution in [0.15, 0.2) is 18.2 Å². The maximum Gasteiger partial charge on any atom is 0.143 e. The van der Waals surface area contributed by atoms with Crippen molar-refractivity contribution in [3.63, 3.8) is 0 Å². The zero-order valence-electron chi connectivity index (χ0n) is 7.21. The Morgan fingerprint density at radius 3 is 3.23 bits per heavy atom. The third kappa shape index (κ3) is 1.57. The van der Waals surface area contributed by atoms with E-state index in [-0.39, 0.29) is 0 Å². The number of hydrogen-bond donors (Lipinski definition) is 1. The number of nitrogens with zero attached hydrogens (tertiary/aromatic N) is 1. The predicted octanol–water partition coefficient (Wildman–Crippen LogP) is 1.75. The maximum atomic E-state index is 8.68. The minimum atomic E-state index is 0.641. The fraction of sp³-hybridized carbons (Fsp3) is 0.300. The van der Waals surface area contributed by atoms with Crippen LogP contribution < -0.4 is 10.1 Å². The molecule has 66 valence electrons. The Hall–Kier alpha value is -1.69. The van der Waals surface area contributed by atoms with E-state index in [4.69, 9.17) is 10.00 Å². The van der Waals surface area contributed by atoms with Crippen LogP contribution >= 0.6 is 0 Å². The largest absolute Gasteiger partial charge is 0.491 e. The average Bonchev–Trinajstić information content (AvgIpc) is 2.41. The summed E-state index contributed by atoms with van der Waals surface area (Å²) in [4.78, 5) is 0. The molecule has 0 amide bonds. The van der Waals surface area contributed by atoms with Gasteiger partial charge in [0.05, 0.1) is 23.9 Å². The highest BCUT2D eigenvalue weighted by molar-refractivity contribution is 5.59. The monoisotopic (exact) mass is 174 g/mol. The zero-order valence-corrected chi connectivity index (χ0v) is 7.21. The van der Waals surface area contributed by atoms with Crippen molar-refractivity contribution in [1.82, 2.24) is 0 Å². The van der Waals surface area contributed by atoms with Gasteiger partial charge in [-0.15, -0.1) is 0 Å². The Balaban J connectivity index is 2.39. The number of fused-ring (bicyclic) bond motifs is 1. The van der Waals surface area contributed by atoms with Gasteiger partial charge in [-0.3, -0.25) is 0 Å². The molecule has 1 aromatic rings. The molecule has 2 rings (SSSR count). The van der Waals surface area contributed by atoms with Crippen LogP contribution in [0, 0.1) is 11.3 Å². The molecule has 1 aliphatic heterocycles. The predicted molar refractivity (Wildman–Crippen MR) is 49.8 cm³/mol. The number of hydrogen-bond acceptors (Lipinski definition) is 3. The first-order valence-corrected chi connectivity index (χ1v) is 4.31. The molecule has 0 fully saturated rings. The molecular weight excluding hydrogens is 164 g/mol. The first-order valence-electron chi connectivity index (χ1n) is 4.31. The molecule has 0 atom stereocenters. The fourth-order valence-electron chi connectivity index (χ4n) is 1.33. The quantitative estimate of drug-likeness (QED) is 0.651. The summed E-state index contributed by atoms with van der Waals surface area (Å²) < 4.78 is 5.48. The summed E-state index contributed by atoms with van der Waals surface area (Å²) in [7, 11) is 0. The van der Waals surface area contributed by atoms with Gasteiger partial charge < -0.3 is 10.1 Å². The summed E-state index contributed by atoms with van der Waals surface area (Å²) in [5.41, 5.74) is 1.62. The van der Waals surface area contributed by atoms with E-state index in [2.05, 4.69) is 11.4 Å². The van der Waals surface area contributed by atoms with Crippen LogP contribution in [-0.4, -0.2) is 13.2 Å². The van der Waals surface area contributed by atoms with Crippen molar-refractivity contribution in [2.45, 2.75) is 6.42 Å². The van der Waals surface area contributed by atoms with Crippen LogP contribution in [0.2, 0.25) is 0 Å². The Morgan fingerprint density at radius 1 is 1.46 bits per heavy atom. The Morgan fingerprint density at radius 2 is 2.38 bits per heavy atom. The Bertz CT molecular complexity index is 354. The van der Waals surface area contributed by atoms with Crippen molar-refractivity contribution in [3.05, 3.63) is 23.8 Å². The third-order valence-corrected chi connectivity index (χ3v) is 2.00. The van der Waals surface area contributed by atoms with E-state index in [1.807, 2.05) is 6.07 Å². The average molecular weight is 174 g/mol. The minimum absolute atomic E-state index is 0.641. The van der Waals surface area contributed by atoms with E-state index < -0.39 is 0 Å². The first-order chi connectivity index (χ1) is 6.40. The highest BCUT2D eigenvalue weighted by Crippen LogP contribution is 2.27. The number of nitrogens with one attached hydrogen (secondary N) is 1. The number of ether oxygens (including phenoxy) is 1. The molecule has 3 nitrogen and oxygen atoms in total. The summed E-state index contributed by atoms with van der Waals surface area (Å²) in [5.74, 6) is 0.788. The van der Waals surface area contributed by atoms with E-state index >= 15 is 0 Å². The molecule has 0 unspecified atom stereocenters. The molecule has 1 aromatic carbocycles. The summed E-state index contributed by atoms with van der Waals surface area (Å²) >= 11 is 0. The van der Waals surface area contributed by atoms with E-state index in [0.29, 0.717) is 5.56 Å². The van der Waals surface area contributed by atoms with Gasteiger partial charge in [0.25, 0.3) is 0 Å². The highest BCUT2D eigenvalue weighted by Gasteiger charge is 2.07. The van der Waals surface area contributed by atoms with Gasteiger partial charge in [-0.05, 0) is 18.6 Å².